The number of hydrogen-bond acceptors (Lipinski definition) is 3. The second kappa shape index (κ2) is 6.95. The van der Waals surface area contributed by atoms with Crippen LogP contribution in [0.2, 0.25) is 0 Å². The largest absolute Gasteiger partial charge is 0.598 e. The van der Waals surface area contributed by atoms with Crippen LogP contribution in [0.5, 0.6) is 0 Å². The van der Waals surface area contributed by atoms with Gasteiger partial charge in [-0.2, -0.15) is 0 Å². The molecule has 0 amide bonds. The van der Waals surface area contributed by atoms with E-state index in [0.717, 1.165) is 6.07 Å². The van der Waals surface area contributed by atoms with E-state index in [2.05, 4.69) is 20.7 Å². The molecule has 2 atom stereocenters. The Kier molecular flexibility index (Phi) is 6.17. The van der Waals surface area contributed by atoms with Crippen molar-refractivity contribution in [3.63, 3.8) is 0 Å². The molecule has 0 aliphatic heterocycles. The molecule has 0 spiro atoms. The van der Waals surface area contributed by atoms with Crippen LogP contribution in [0.15, 0.2) is 16.6 Å². The molecule has 1 rings (SSSR count). The summed E-state index contributed by atoms with van der Waals surface area (Å²) in [5, 5.41) is 0. The summed E-state index contributed by atoms with van der Waals surface area (Å²) in [5.74, 6) is -1.72. The van der Waals surface area contributed by atoms with Gasteiger partial charge in [0, 0.05) is 29.4 Å². The van der Waals surface area contributed by atoms with Crippen molar-refractivity contribution in [1.29, 1.82) is 0 Å². The van der Waals surface area contributed by atoms with Crippen molar-refractivity contribution in [2.75, 3.05) is 0 Å². The Morgan fingerprint density at radius 2 is 1.82 bits per heavy atom. The molecule has 3 nitrogen and oxygen atoms in total. The van der Waals surface area contributed by atoms with Gasteiger partial charge in [-0.3, -0.25) is 4.79 Å². The minimum absolute atomic E-state index is 0.0657. The van der Waals surface area contributed by atoms with Gasteiger partial charge in [-0.1, -0.05) is 0 Å². The topological polar surface area (TPSA) is 52.2 Å². The Hall–Kier alpha value is -0.500. The lowest BCUT2D eigenvalue weighted by Crippen LogP contribution is -2.51. The molecule has 0 unspecified atom stereocenters. The van der Waals surface area contributed by atoms with Crippen LogP contribution in [-0.2, 0) is 21.7 Å². The summed E-state index contributed by atoms with van der Waals surface area (Å²) < 4.78 is 42.3. The van der Waals surface area contributed by atoms with Gasteiger partial charge < -0.3 is 4.55 Å². The first kappa shape index (κ1) is 19.5. The first-order valence-electron chi connectivity index (χ1n) is 6.71. The number of hydrogen-bond donors (Lipinski definition) is 1. The van der Waals surface area contributed by atoms with Gasteiger partial charge in [0.25, 0.3) is 0 Å². The van der Waals surface area contributed by atoms with Crippen molar-refractivity contribution in [2.45, 2.75) is 51.3 Å². The van der Waals surface area contributed by atoms with E-state index in [1.165, 1.54) is 13.0 Å². The average molecular weight is 396 g/mol. The molecule has 124 valence electrons. The molecule has 0 aromatic heterocycles. The van der Waals surface area contributed by atoms with E-state index in [-0.39, 0.29) is 22.2 Å². The normalized spacial score (nSPS) is 16.2. The molecule has 7 heteroatoms. The van der Waals surface area contributed by atoms with Gasteiger partial charge in [0.1, 0.15) is 22.2 Å². The zero-order chi connectivity index (χ0) is 17.3. The lowest BCUT2D eigenvalue weighted by molar-refractivity contribution is -0.118. The number of Topliss-reactive ketones (excluding diaryl/α,β-unsaturated/α-hetero) is 1. The maximum absolute atomic E-state index is 14.2. The summed E-state index contributed by atoms with van der Waals surface area (Å²) in [4.78, 5) is 11.6. The Labute approximate surface area is 141 Å². The van der Waals surface area contributed by atoms with Gasteiger partial charge in [-0.05, 0) is 56.6 Å². The Bertz CT molecular complexity index is 577. The molecule has 0 heterocycles. The van der Waals surface area contributed by atoms with Gasteiger partial charge in [-0.15, -0.1) is 4.72 Å². The quantitative estimate of drug-likeness (QED) is 0.605. The lowest BCUT2D eigenvalue weighted by Gasteiger charge is -2.35. The summed E-state index contributed by atoms with van der Waals surface area (Å²) >= 11 is 1.49. The lowest BCUT2D eigenvalue weighted by atomic mass is 9.88. The van der Waals surface area contributed by atoms with Crippen LogP contribution in [-0.4, -0.2) is 15.1 Å². The van der Waals surface area contributed by atoms with Crippen molar-refractivity contribution in [3.8, 4) is 0 Å². The third kappa shape index (κ3) is 4.75. The first-order chi connectivity index (χ1) is 9.86. The fraction of sp³-hybridized carbons (Fsp3) is 0.533. The zero-order valence-electron chi connectivity index (χ0n) is 13.2. The monoisotopic (exact) mass is 395 g/mol. The first-order valence-corrected chi connectivity index (χ1v) is 8.65. The molecule has 0 bridgehead atoms. The summed E-state index contributed by atoms with van der Waals surface area (Å²) in [6.45, 7) is 8.25. The van der Waals surface area contributed by atoms with E-state index in [1.54, 1.807) is 27.7 Å². The van der Waals surface area contributed by atoms with Crippen LogP contribution in [0.3, 0.4) is 0 Å². The number of nitrogens with one attached hydrogen (secondary N) is 1. The molecule has 0 radical (unpaired) electrons. The highest BCUT2D eigenvalue weighted by atomic mass is 79.9. The fourth-order valence-electron chi connectivity index (χ4n) is 1.99. The van der Waals surface area contributed by atoms with Crippen molar-refractivity contribution >= 4 is 33.1 Å². The summed E-state index contributed by atoms with van der Waals surface area (Å²) in [5.41, 5.74) is -1.11. The van der Waals surface area contributed by atoms with Crippen molar-refractivity contribution < 1.29 is 18.1 Å². The van der Waals surface area contributed by atoms with E-state index < -0.39 is 33.3 Å². The number of carbonyl (C=O) groups is 1. The number of rotatable bonds is 5. The van der Waals surface area contributed by atoms with Crippen LogP contribution in [0, 0.1) is 11.6 Å². The molecule has 22 heavy (non-hydrogen) atoms. The third-order valence-corrected chi connectivity index (χ3v) is 5.44. The van der Waals surface area contributed by atoms with E-state index in [4.69, 9.17) is 0 Å². The summed E-state index contributed by atoms with van der Waals surface area (Å²) in [7, 11) is 0. The molecule has 1 aromatic rings. The maximum atomic E-state index is 14.2. The fourth-order valence-corrected chi connectivity index (χ4v) is 3.23. The minimum atomic E-state index is -1.52. The molecule has 0 aliphatic carbocycles. The van der Waals surface area contributed by atoms with Gasteiger partial charge in [-0.25, -0.2) is 8.78 Å². The number of carbonyl (C=O) groups excluding carboxylic acids is 1. The van der Waals surface area contributed by atoms with E-state index in [0.29, 0.717) is 0 Å². The van der Waals surface area contributed by atoms with Crippen LogP contribution >= 0.6 is 15.9 Å². The van der Waals surface area contributed by atoms with Gasteiger partial charge in [0.05, 0.1) is 10.0 Å². The van der Waals surface area contributed by atoms with Gasteiger partial charge >= 0.3 is 0 Å². The van der Waals surface area contributed by atoms with Crippen molar-refractivity contribution in [1.82, 2.24) is 4.72 Å². The van der Waals surface area contributed by atoms with Crippen LogP contribution < -0.4 is 4.72 Å². The highest BCUT2D eigenvalue weighted by molar-refractivity contribution is 9.10. The van der Waals surface area contributed by atoms with Crippen LogP contribution in [0.1, 0.15) is 46.6 Å². The number of ketones is 1. The molecule has 1 aromatic carbocycles. The Balaban J connectivity index is 3.34. The third-order valence-electron chi connectivity index (χ3n) is 3.08. The number of benzene rings is 1. The predicted octanol–water partition coefficient (Wildman–Crippen LogP) is 3.97. The highest BCUT2D eigenvalue weighted by Gasteiger charge is 2.40. The summed E-state index contributed by atoms with van der Waals surface area (Å²) in [6, 6.07) is 2.03. The van der Waals surface area contributed by atoms with Crippen molar-refractivity contribution in [3.05, 3.63) is 33.8 Å². The maximum Gasteiger partial charge on any atom is 0.140 e. The van der Waals surface area contributed by atoms with E-state index in [9.17, 15) is 18.1 Å². The highest BCUT2D eigenvalue weighted by Crippen LogP contribution is 2.33. The molecule has 0 fully saturated rings. The van der Waals surface area contributed by atoms with Gasteiger partial charge in [0.15, 0.2) is 0 Å². The molecule has 1 N–H and O–H groups in total. The van der Waals surface area contributed by atoms with Crippen LogP contribution in [0.25, 0.3) is 0 Å². The van der Waals surface area contributed by atoms with E-state index in [1.807, 2.05) is 0 Å². The minimum Gasteiger partial charge on any atom is -0.598 e. The van der Waals surface area contributed by atoms with Gasteiger partial charge in [0.2, 0.25) is 0 Å². The summed E-state index contributed by atoms with van der Waals surface area (Å²) in [6.07, 6.45) is -0.0657. The second-order valence-electron chi connectivity index (χ2n) is 6.44. The molecular weight excluding hydrogens is 376 g/mol. The Morgan fingerprint density at radius 3 is 2.27 bits per heavy atom. The molecular formula is C15H20BrF2NO2S. The van der Waals surface area contributed by atoms with Crippen LogP contribution in [0.4, 0.5) is 8.78 Å². The molecule has 0 saturated carbocycles. The SMILES string of the molecule is CC(=O)C[C@](C)(N[S@+]([O-])C(C)(C)C)c1cc(Br)c(F)cc1F. The average Bonchev–Trinajstić information content (AvgIpc) is 2.31. The second-order valence-corrected chi connectivity index (χ2v) is 9.26. The predicted molar refractivity (Wildman–Crippen MR) is 87.7 cm³/mol. The number of halogens is 3. The molecule has 0 saturated heterocycles. The van der Waals surface area contributed by atoms with Crippen molar-refractivity contribution in [2.24, 2.45) is 0 Å². The Morgan fingerprint density at radius 1 is 1.27 bits per heavy atom. The standard InChI is InChI=1S/C15H20BrF2NO2S/c1-9(20)8-15(5,19-22(21)14(2,3)4)10-6-11(16)13(18)7-12(10)17/h6-7,19H,8H2,1-5H3/t15-,22+/m0/s1. The zero-order valence-corrected chi connectivity index (χ0v) is 15.6. The smallest absolute Gasteiger partial charge is 0.140 e. The van der Waals surface area contributed by atoms with E-state index >= 15 is 0 Å². The molecule has 0 aliphatic rings.